The van der Waals surface area contributed by atoms with E-state index in [0.29, 0.717) is 4.88 Å². The van der Waals surface area contributed by atoms with E-state index < -0.39 is 0 Å². The first-order chi connectivity index (χ1) is 7.24. The highest BCUT2D eigenvalue weighted by Crippen LogP contribution is 2.25. The van der Waals surface area contributed by atoms with Crippen LogP contribution in [0.2, 0.25) is 0 Å². The predicted molar refractivity (Wildman–Crippen MR) is 60.0 cm³/mol. The van der Waals surface area contributed by atoms with Crippen molar-refractivity contribution in [1.82, 2.24) is 9.99 Å². The largest absolute Gasteiger partial charge is 0.322 e. The number of carbonyl (C=O) groups excluding carboxylic acids is 1. The van der Waals surface area contributed by atoms with Crippen LogP contribution in [-0.4, -0.2) is 10.5 Å². The number of hydrogen-bond acceptors (Lipinski definition) is 3. The quantitative estimate of drug-likeness (QED) is 0.458. The van der Waals surface area contributed by atoms with E-state index in [0.717, 1.165) is 11.3 Å². The molecule has 2 aromatic rings. The van der Waals surface area contributed by atoms with E-state index in [1.165, 1.54) is 11.3 Å². The van der Waals surface area contributed by atoms with Crippen molar-refractivity contribution in [3.63, 3.8) is 0 Å². The fourth-order valence-corrected chi connectivity index (χ4v) is 2.42. The molecule has 0 aromatic carbocycles. The van der Waals surface area contributed by atoms with Gasteiger partial charge in [-0.3, -0.25) is 10.2 Å². The molecule has 2 heterocycles. The summed E-state index contributed by atoms with van der Waals surface area (Å²) in [5.74, 6) is 4.88. The summed E-state index contributed by atoms with van der Waals surface area (Å²) in [6.45, 7) is 1.97. The van der Waals surface area contributed by atoms with Gasteiger partial charge < -0.3 is 4.57 Å². The second-order valence-electron chi connectivity index (χ2n) is 3.16. The first-order valence-electron chi connectivity index (χ1n) is 4.46. The molecule has 0 saturated carbocycles. The Morgan fingerprint density at radius 1 is 1.47 bits per heavy atom. The van der Waals surface area contributed by atoms with Crippen LogP contribution in [0.5, 0.6) is 0 Å². The van der Waals surface area contributed by atoms with Crippen LogP contribution in [0.15, 0.2) is 29.9 Å². The van der Waals surface area contributed by atoms with Crippen LogP contribution < -0.4 is 11.3 Å². The van der Waals surface area contributed by atoms with Gasteiger partial charge in [0.05, 0.1) is 5.69 Å². The summed E-state index contributed by atoms with van der Waals surface area (Å²) in [6.07, 6.45) is 3.81. The molecule has 2 aromatic heterocycles. The molecule has 0 aliphatic carbocycles. The molecule has 0 spiro atoms. The topological polar surface area (TPSA) is 60.1 Å². The van der Waals surface area contributed by atoms with Crippen molar-refractivity contribution in [3.05, 3.63) is 40.3 Å². The maximum atomic E-state index is 11.5. The lowest BCUT2D eigenvalue weighted by atomic mass is 10.2. The summed E-state index contributed by atoms with van der Waals surface area (Å²) in [7, 11) is 0. The molecule has 0 unspecified atom stereocenters. The van der Waals surface area contributed by atoms with E-state index in [2.05, 4.69) is 5.43 Å². The summed E-state index contributed by atoms with van der Waals surface area (Å²) in [6, 6.07) is 3.84. The van der Waals surface area contributed by atoms with Crippen molar-refractivity contribution in [2.45, 2.75) is 6.92 Å². The Hall–Kier alpha value is -1.59. The zero-order valence-electron chi connectivity index (χ0n) is 8.23. The monoisotopic (exact) mass is 221 g/mol. The fourth-order valence-electron chi connectivity index (χ4n) is 1.47. The zero-order valence-corrected chi connectivity index (χ0v) is 9.04. The van der Waals surface area contributed by atoms with Gasteiger partial charge in [0, 0.05) is 12.4 Å². The van der Waals surface area contributed by atoms with Gasteiger partial charge in [-0.1, -0.05) is 0 Å². The lowest BCUT2D eigenvalue weighted by Gasteiger charge is -2.05. The highest BCUT2D eigenvalue weighted by molar-refractivity contribution is 7.12. The molecule has 1 amide bonds. The van der Waals surface area contributed by atoms with Crippen molar-refractivity contribution in [2.24, 2.45) is 5.84 Å². The first kappa shape index (κ1) is 9.95. The van der Waals surface area contributed by atoms with Gasteiger partial charge in [0.15, 0.2) is 0 Å². The molecule has 0 aliphatic rings. The molecule has 5 heteroatoms. The molecule has 0 atom stereocenters. The summed E-state index contributed by atoms with van der Waals surface area (Å²) >= 11 is 1.39. The lowest BCUT2D eigenvalue weighted by molar-refractivity contribution is 0.0957. The molecule has 0 bridgehead atoms. The van der Waals surface area contributed by atoms with E-state index in [1.54, 1.807) is 0 Å². The van der Waals surface area contributed by atoms with Gasteiger partial charge in [0.2, 0.25) is 0 Å². The maximum Gasteiger partial charge on any atom is 0.277 e. The number of rotatable bonds is 2. The fraction of sp³-hybridized carbons (Fsp3) is 0.100. The average molecular weight is 221 g/mol. The number of nitrogen functional groups attached to an aromatic ring is 1. The lowest BCUT2D eigenvalue weighted by Crippen LogP contribution is -2.30. The normalized spacial score (nSPS) is 10.3. The zero-order chi connectivity index (χ0) is 10.8. The molecule has 4 nitrogen and oxygen atoms in total. The van der Waals surface area contributed by atoms with E-state index >= 15 is 0 Å². The highest BCUT2D eigenvalue weighted by atomic mass is 32.1. The van der Waals surface area contributed by atoms with Crippen LogP contribution in [0.4, 0.5) is 0 Å². The molecule has 15 heavy (non-hydrogen) atoms. The third kappa shape index (κ3) is 1.67. The molecule has 0 radical (unpaired) electrons. The minimum absolute atomic E-state index is 0.253. The number of nitrogens with two attached hydrogens (primary N) is 1. The molecule has 2 rings (SSSR count). The van der Waals surface area contributed by atoms with Gasteiger partial charge >= 0.3 is 0 Å². The number of aromatic nitrogens is 1. The van der Waals surface area contributed by atoms with Crippen molar-refractivity contribution in [2.75, 3.05) is 0 Å². The third-order valence-electron chi connectivity index (χ3n) is 2.14. The van der Waals surface area contributed by atoms with Crippen molar-refractivity contribution in [3.8, 4) is 5.69 Å². The Kier molecular flexibility index (Phi) is 2.57. The number of nitrogens with one attached hydrogen (secondary N) is 1. The van der Waals surface area contributed by atoms with E-state index in [9.17, 15) is 4.79 Å². The Morgan fingerprint density at radius 3 is 2.73 bits per heavy atom. The van der Waals surface area contributed by atoms with Gasteiger partial charge in [-0.05, 0) is 30.0 Å². The molecular formula is C10H11N3OS. The molecule has 0 fully saturated rings. The van der Waals surface area contributed by atoms with Gasteiger partial charge in [0.25, 0.3) is 5.91 Å². The summed E-state index contributed by atoms with van der Waals surface area (Å²) in [5.41, 5.74) is 4.12. The number of aryl methyl sites for hydroxylation is 1. The van der Waals surface area contributed by atoms with Gasteiger partial charge in [0.1, 0.15) is 4.88 Å². The number of amides is 1. The number of carbonyl (C=O) groups is 1. The average Bonchev–Trinajstić information content (AvgIpc) is 2.85. The van der Waals surface area contributed by atoms with Gasteiger partial charge in [-0.2, -0.15) is 0 Å². The van der Waals surface area contributed by atoms with Crippen LogP contribution in [0.25, 0.3) is 5.69 Å². The number of hydrazine groups is 1. The Morgan fingerprint density at radius 2 is 2.13 bits per heavy atom. The van der Waals surface area contributed by atoms with E-state index in [-0.39, 0.29) is 5.91 Å². The first-order valence-corrected chi connectivity index (χ1v) is 5.34. The van der Waals surface area contributed by atoms with Crippen LogP contribution in [0.1, 0.15) is 15.2 Å². The van der Waals surface area contributed by atoms with E-state index in [1.807, 2.05) is 41.4 Å². The smallest absolute Gasteiger partial charge is 0.277 e. The Bertz CT molecular complexity index is 473. The standard InChI is InChI=1S/C10H11N3OS/c1-7-6-15-9(10(14)12-11)8(7)13-4-2-3-5-13/h2-6H,11H2,1H3,(H,12,14). The number of thiophene rings is 1. The number of hydrogen-bond donors (Lipinski definition) is 2. The van der Waals surface area contributed by atoms with Crippen LogP contribution in [0.3, 0.4) is 0 Å². The second-order valence-corrected chi connectivity index (χ2v) is 4.04. The van der Waals surface area contributed by atoms with Crippen LogP contribution in [-0.2, 0) is 0 Å². The molecule has 0 saturated heterocycles. The highest BCUT2D eigenvalue weighted by Gasteiger charge is 2.15. The minimum atomic E-state index is -0.253. The maximum absolute atomic E-state index is 11.5. The SMILES string of the molecule is Cc1csc(C(=O)NN)c1-n1cccc1. The predicted octanol–water partition coefficient (Wildman–Crippen LogP) is 1.45. The third-order valence-corrected chi connectivity index (χ3v) is 3.23. The van der Waals surface area contributed by atoms with Gasteiger partial charge in [-0.15, -0.1) is 11.3 Å². The van der Waals surface area contributed by atoms with Crippen LogP contribution >= 0.6 is 11.3 Å². The summed E-state index contributed by atoms with van der Waals surface area (Å²) in [4.78, 5) is 12.1. The van der Waals surface area contributed by atoms with E-state index in [4.69, 9.17) is 5.84 Å². The Balaban J connectivity index is 2.55. The van der Waals surface area contributed by atoms with Crippen molar-refractivity contribution in [1.29, 1.82) is 0 Å². The molecule has 78 valence electrons. The minimum Gasteiger partial charge on any atom is -0.322 e. The molecule has 0 aliphatic heterocycles. The second kappa shape index (κ2) is 3.88. The number of nitrogens with zero attached hydrogens (tertiary/aromatic N) is 1. The Labute approximate surface area is 91.3 Å². The molecular weight excluding hydrogens is 210 g/mol. The summed E-state index contributed by atoms with van der Waals surface area (Å²) in [5, 5.41) is 1.94. The molecule has 3 N–H and O–H groups in total. The summed E-state index contributed by atoms with van der Waals surface area (Å²) < 4.78 is 1.91. The van der Waals surface area contributed by atoms with Crippen LogP contribution in [0, 0.1) is 6.92 Å². The van der Waals surface area contributed by atoms with Gasteiger partial charge in [-0.25, -0.2) is 5.84 Å². The van der Waals surface area contributed by atoms with Crippen molar-refractivity contribution >= 4 is 17.2 Å². The van der Waals surface area contributed by atoms with Crippen molar-refractivity contribution < 1.29 is 4.79 Å².